The van der Waals surface area contributed by atoms with E-state index in [0.29, 0.717) is 16.7 Å². The number of halogens is 1. The van der Waals surface area contributed by atoms with Crippen molar-refractivity contribution in [1.29, 1.82) is 0 Å². The molecular weight excluding hydrogens is 264 g/mol. The van der Waals surface area contributed by atoms with Gasteiger partial charge in [0, 0.05) is 5.41 Å². The Labute approximate surface area is 118 Å². The molecule has 0 amide bonds. The Morgan fingerprint density at radius 2 is 2.16 bits per heavy atom. The highest BCUT2D eigenvalue weighted by atomic mass is 35.5. The average molecular weight is 283 g/mol. The molecule has 0 saturated heterocycles. The molecule has 4 heteroatoms. The van der Waals surface area contributed by atoms with E-state index in [4.69, 9.17) is 21.4 Å². The van der Waals surface area contributed by atoms with Crippen LogP contribution in [0, 0.1) is 5.92 Å². The SMILES string of the molecule is CC(C)(CC(=O)O)c1ccc(OCC2CC2)c(Cl)c1. The second-order valence-corrected chi connectivity index (χ2v) is 6.26. The molecule has 0 bridgehead atoms. The summed E-state index contributed by atoms with van der Waals surface area (Å²) in [5.74, 6) is 0.554. The van der Waals surface area contributed by atoms with Crippen LogP contribution in [0.2, 0.25) is 5.02 Å². The van der Waals surface area contributed by atoms with Crippen LogP contribution in [0.15, 0.2) is 18.2 Å². The van der Waals surface area contributed by atoms with Gasteiger partial charge in [-0.2, -0.15) is 0 Å². The fourth-order valence-corrected chi connectivity index (χ4v) is 2.25. The summed E-state index contributed by atoms with van der Waals surface area (Å²) in [6, 6.07) is 5.55. The van der Waals surface area contributed by atoms with Crippen LogP contribution in [0.25, 0.3) is 0 Å². The molecule has 0 unspecified atom stereocenters. The number of hydrogen-bond acceptors (Lipinski definition) is 2. The smallest absolute Gasteiger partial charge is 0.304 e. The van der Waals surface area contributed by atoms with Crippen LogP contribution >= 0.6 is 11.6 Å². The van der Waals surface area contributed by atoms with Crippen molar-refractivity contribution < 1.29 is 14.6 Å². The Bertz CT molecular complexity index is 478. The van der Waals surface area contributed by atoms with Gasteiger partial charge in [0.05, 0.1) is 18.1 Å². The summed E-state index contributed by atoms with van der Waals surface area (Å²) in [4.78, 5) is 10.9. The van der Waals surface area contributed by atoms with E-state index in [2.05, 4.69) is 0 Å². The summed E-state index contributed by atoms with van der Waals surface area (Å²) in [6.07, 6.45) is 2.55. The van der Waals surface area contributed by atoms with Crippen molar-refractivity contribution in [3.8, 4) is 5.75 Å². The van der Waals surface area contributed by atoms with E-state index < -0.39 is 11.4 Å². The number of ether oxygens (including phenoxy) is 1. The Hall–Kier alpha value is -1.22. The fraction of sp³-hybridized carbons (Fsp3) is 0.533. The van der Waals surface area contributed by atoms with Crippen LogP contribution < -0.4 is 4.74 Å². The van der Waals surface area contributed by atoms with E-state index in [1.165, 1.54) is 12.8 Å². The Balaban J connectivity index is 2.10. The quantitative estimate of drug-likeness (QED) is 0.861. The Kier molecular flexibility index (Phi) is 4.04. The molecule has 0 heterocycles. The Morgan fingerprint density at radius 3 is 2.68 bits per heavy atom. The van der Waals surface area contributed by atoms with E-state index >= 15 is 0 Å². The molecule has 3 nitrogen and oxygen atoms in total. The zero-order chi connectivity index (χ0) is 14.0. The van der Waals surface area contributed by atoms with Gasteiger partial charge in [0.25, 0.3) is 0 Å². The topological polar surface area (TPSA) is 46.5 Å². The Morgan fingerprint density at radius 1 is 1.47 bits per heavy atom. The summed E-state index contributed by atoms with van der Waals surface area (Å²) in [5.41, 5.74) is 0.475. The van der Waals surface area contributed by atoms with E-state index in [0.717, 1.165) is 12.2 Å². The summed E-state index contributed by atoms with van der Waals surface area (Å²) in [7, 11) is 0. The third-order valence-electron chi connectivity index (χ3n) is 3.48. The molecule has 1 saturated carbocycles. The van der Waals surface area contributed by atoms with Crippen molar-refractivity contribution in [2.24, 2.45) is 5.92 Å². The maximum absolute atomic E-state index is 10.9. The third-order valence-corrected chi connectivity index (χ3v) is 3.77. The molecule has 0 aliphatic heterocycles. The second kappa shape index (κ2) is 5.41. The van der Waals surface area contributed by atoms with Gasteiger partial charge in [-0.25, -0.2) is 0 Å². The van der Waals surface area contributed by atoms with Gasteiger partial charge in [-0.1, -0.05) is 31.5 Å². The largest absolute Gasteiger partial charge is 0.492 e. The zero-order valence-electron chi connectivity index (χ0n) is 11.3. The number of carboxylic acids is 1. The highest BCUT2D eigenvalue weighted by Gasteiger charge is 2.26. The molecule has 1 N–H and O–H groups in total. The van der Waals surface area contributed by atoms with Crippen molar-refractivity contribution in [3.63, 3.8) is 0 Å². The molecule has 19 heavy (non-hydrogen) atoms. The predicted molar refractivity (Wildman–Crippen MR) is 74.9 cm³/mol. The lowest BCUT2D eigenvalue weighted by molar-refractivity contribution is -0.138. The molecule has 1 aromatic rings. The fourth-order valence-electron chi connectivity index (χ4n) is 2.01. The predicted octanol–water partition coefficient (Wildman–Crippen LogP) is 3.88. The lowest BCUT2D eigenvalue weighted by Crippen LogP contribution is -2.21. The number of rotatable bonds is 6. The minimum absolute atomic E-state index is 0.0750. The molecule has 0 aromatic heterocycles. The number of hydrogen-bond donors (Lipinski definition) is 1. The van der Waals surface area contributed by atoms with Gasteiger partial charge in [-0.3, -0.25) is 4.79 Å². The van der Waals surface area contributed by atoms with Crippen molar-refractivity contribution >= 4 is 17.6 Å². The van der Waals surface area contributed by atoms with Crippen LogP contribution in [0.4, 0.5) is 0 Å². The number of carboxylic acid groups (broad SMARTS) is 1. The maximum atomic E-state index is 10.9. The standard InChI is InChI=1S/C15H19ClO3/c1-15(2,8-14(17)18)11-5-6-13(12(16)7-11)19-9-10-3-4-10/h5-7,10H,3-4,8-9H2,1-2H3,(H,17,18). The summed E-state index contributed by atoms with van der Waals surface area (Å²) in [6.45, 7) is 4.52. The van der Waals surface area contributed by atoms with E-state index in [1.807, 2.05) is 32.0 Å². The van der Waals surface area contributed by atoms with Gasteiger partial charge in [0.15, 0.2) is 0 Å². The molecule has 1 fully saturated rings. The molecule has 0 atom stereocenters. The highest BCUT2D eigenvalue weighted by Crippen LogP contribution is 2.35. The second-order valence-electron chi connectivity index (χ2n) is 5.85. The lowest BCUT2D eigenvalue weighted by Gasteiger charge is -2.23. The first-order valence-corrected chi connectivity index (χ1v) is 6.91. The van der Waals surface area contributed by atoms with Gasteiger partial charge in [-0.05, 0) is 36.5 Å². The van der Waals surface area contributed by atoms with E-state index in [1.54, 1.807) is 0 Å². The summed E-state index contributed by atoms with van der Waals surface area (Å²) in [5, 5.41) is 9.48. The van der Waals surface area contributed by atoms with E-state index in [9.17, 15) is 4.79 Å². The minimum atomic E-state index is -0.810. The van der Waals surface area contributed by atoms with E-state index in [-0.39, 0.29) is 6.42 Å². The molecule has 104 valence electrons. The van der Waals surface area contributed by atoms with Crippen LogP contribution in [0.5, 0.6) is 5.75 Å². The van der Waals surface area contributed by atoms with Crippen LogP contribution in [0.1, 0.15) is 38.7 Å². The number of benzene rings is 1. The third kappa shape index (κ3) is 3.87. The van der Waals surface area contributed by atoms with Gasteiger partial charge in [-0.15, -0.1) is 0 Å². The van der Waals surface area contributed by atoms with Crippen LogP contribution in [-0.4, -0.2) is 17.7 Å². The number of aliphatic carboxylic acids is 1. The van der Waals surface area contributed by atoms with Gasteiger partial charge in [0.1, 0.15) is 5.75 Å². The van der Waals surface area contributed by atoms with Crippen molar-refractivity contribution in [1.82, 2.24) is 0 Å². The normalized spacial score (nSPS) is 15.3. The maximum Gasteiger partial charge on any atom is 0.304 e. The molecule has 1 aliphatic carbocycles. The molecule has 2 rings (SSSR count). The first-order chi connectivity index (χ1) is 8.88. The van der Waals surface area contributed by atoms with Gasteiger partial charge in [0.2, 0.25) is 0 Å². The highest BCUT2D eigenvalue weighted by molar-refractivity contribution is 6.32. The minimum Gasteiger partial charge on any atom is -0.492 e. The molecule has 0 radical (unpaired) electrons. The zero-order valence-corrected chi connectivity index (χ0v) is 12.0. The van der Waals surface area contributed by atoms with Crippen molar-refractivity contribution in [2.75, 3.05) is 6.61 Å². The summed E-state index contributed by atoms with van der Waals surface area (Å²) < 4.78 is 5.66. The molecule has 1 aromatic carbocycles. The van der Waals surface area contributed by atoms with Crippen molar-refractivity contribution in [2.45, 2.75) is 38.5 Å². The average Bonchev–Trinajstić information content (AvgIpc) is 3.09. The monoisotopic (exact) mass is 282 g/mol. The molecular formula is C15H19ClO3. The molecule has 0 spiro atoms. The van der Waals surface area contributed by atoms with Gasteiger partial charge >= 0.3 is 5.97 Å². The summed E-state index contributed by atoms with van der Waals surface area (Å²) >= 11 is 6.20. The molecule has 1 aliphatic rings. The lowest BCUT2D eigenvalue weighted by atomic mass is 9.81. The van der Waals surface area contributed by atoms with Crippen LogP contribution in [-0.2, 0) is 10.2 Å². The number of carbonyl (C=O) groups is 1. The first-order valence-electron chi connectivity index (χ1n) is 6.53. The first kappa shape index (κ1) is 14.2. The van der Waals surface area contributed by atoms with Gasteiger partial charge < -0.3 is 9.84 Å². The van der Waals surface area contributed by atoms with Crippen LogP contribution in [0.3, 0.4) is 0 Å². The van der Waals surface area contributed by atoms with Crippen molar-refractivity contribution in [3.05, 3.63) is 28.8 Å².